The SMILES string of the molecule is Bc1cc(F)c2nc(CC)cc(=O)n2c1. The van der Waals surface area contributed by atoms with Crippen LogP contribution in [0.15, 0.2) is 23.1 Å². The van der Waals surface area contributed by atoms with E-state index in [2.05, 4.69) is 4.98 Å². The van der Waals surface area contributed by atoms with Gasteiger partial charge < -0.3 is 0 Å². The minimum Gasteiger partial charge on any atom is -0.269 e. The Hall–Kier alpha value is -1.65. The van der Waals surface area contributed by atoms with Crippen molar-refractivity contribution in [1.29, 1.82) is 0 Å². The van der Waals surface area contributed by atoms with Crippen LogP contribution in [0.4, 0.5) is 4.39 Å². The van der Waals surface area contributed by atoms with Gasteiger partial charge in [0, 0.05) is 18.0 Å². The molecule has 0 bridgehead atoms. The minimum absolute atomic E-state index is 0.102. The summed E-state index contributed by atoms with van der Waals surface area (Å²) in [6.07, 6.45) is 2.21. The molecule has 0 atom stereocenters. The molecule has 0 unspecified atom stereocenters. The second-order valence-electron chi connectivity index (χ2n) is 3.50. The van der Waals surface area contributed by atoms with Crippen LogP contribution in [0.5, 0.6) is 0 Å². The molecule has 2 heterocycles. The average molecular weight is 204 g/mol. The van der Waals surface area contributed by atoms with Gasteiger partial charge in [-0.05, 0) is 12.5 Å². The van der Waals surface area contributed by atoms with Crippen LogP contribution in [-0.2, 0) is 6.42 Å². The smallest absolute Gasteiger partial charge is 0.258 e. The van der Waals surface area contributed by atoms with E-state index in [4.69, 9.17) is 0 Å². The molecular weight excluding hydrogens is 194 g/mol. The van der Waals surface area contributed by atoms with Crippen LogP contribution in [0.2, 0.25) is 0 Å². The van der Waals surface area contributed by atoms with Gasteiger partial charge in [0.2, 0.25) is 0 Å². The molecule has 0 spiro atoms. The summed E-state index contributed by atoms with van der Waals surface area (Å²) in [5, 5.41) is 0. The third-order valence-corrected chi connectivity index (χ3v) is 2.27. The van der Waals surface area contributed by atoms with E-state index in [1.165, 1.54) is 16.5 Å². The fourth-order valence-electron chi connectivity index (χ4n) is 1.52. The van der Waals surface area contributed by atoms with Crippen molar-refractivity contribution < 1.29 is 4.39 Å². The third-order valence-electron chi connectivity index (χ3n) is 2.27. The highest BCUT2D eigenvalue weighted by atomic mass is 19.1. The Balaban J connectivity index is 2.91. The van der Waals surface area contributed by atoms with Crippen molar-refractivity contribution in [3.63, 3.8) is 0 Å². The van der Waals surface area contributed by atoms with Crippen LogP contribution < -0.4 is 11.0 Å². The van der Waals surface area contributed by atoms with Crippen LogP contribution in [-0.4, -0.2) is 17.2 Å². The van der Waals surface area contributed by atoms with Crippen molar-refractivity contribution in [2.75, 3.05) is 0 Å². The number of hydrogen-bond acceptors (Lipinski definition) is 2. The highest BCUT2D eigenvalue weighted by Gasteiger charge is 2.06. The van der Waals surface area contributed by atoms with Crippen molar-refractivity contribution in [2.24, 2.45) is 0 Å². The summed E-state index contributed by atoms with van der Waals surface area (Å²) in [7, 11) is 1.74. The van der Waals surface area contributed by atoms with E-state index in [0.29, 0.717) is 17.6 Å². The van der Waals surface area contributed by atoms with Gasteiger partial charge in [-0.15, -0.1) is 0 Å². The van der Waals surface area contributed by atoms with Crippen molar-refractivity contribution >= 4 is 19.0 Å². The van der Waals surface area contributed by atoms with E-state index in [-0.39, 0.29) is 11.2 Å². The molecule has 3 nitrogen and oxygen atoms in total. The number of pyridine rings is 1. The van der Waals surface area contributed by atoms with Crippen LogP contribution >= 0.6 is 0 Å². The van der Waals surface area contributed by atoms with Gasteiger partial charge in [0.25, 0.3) is 5.56 Å². The van der Waals surface area contributed by atoms with Crippen LogP contribution in [0.1, 0.15) is 12.6 Å². The Morgan fingerprint density at radius 2 is 2.27 bits per heavy atom. The number of fused-ring (bicyclic) bond motifs is 1. The number of hydrogen-bond donors (Lipinski definition) is 0. The molecule has 0 amide bonds. The highest BCUT2D eigenvalue weighted by molar-refractivity contribution is 6.32. The van der Waals surface area contributed by atoms with Crippen molar-refractivity contribution in [1.82, 2.24) is 9.38 Å². The molecule has 2 rings (SSSR count). The summed E-state index contributed by atoms with van der Waals surface area (Å²) in [6.45, 7) is 1.88. The normalized spacial score (nSPS) is 10.8. The van der Waals surface area contributed by atoms with E-state index >= 15 is 0 Å². The molecule has 76 valence electrons. The molecular formula is C10H10BFN2O. The number of rotatable bonds is 1. The minimum atomic E-state index is -0.456. The van der Waals surface area contributed by atoms with Gasteiger partial charge in [0.1, 0.15) is 7.85 Å². The molecule has 0 saturated carbocycles. The molecule has 0 aliphatic heterocycles. The lowest BCUT2D eigenvalue weighted by molar-refractivity contribution is 0.627. The Bertz CT molecular complexity index is 579. The zero-order chi connectivity index (χ0) is 11.0. The first-order valence-electron chi connectivity index (χ1n) is 4.80. The van der Waals surface area contributed by atoms with Gasteiger partial charge in [-0.2, -0.15) is 0 Å². The quantitative estimate of drug-likeness (QED) is 0.595. The van der Waals surface area contributed by atoms with Crippen LogP contribution in [0, 0.1) is 5.82 Å². The van der Waals surface area contributed by atoms with Gasteiger partial charge in [-0.1, -0.05) is 12.4 Å². The standard InChI is InChI=1S/C10H10BFN2O/c1-2-7-4-9(15)14-5-6(11)3-8(12)10(14)13-7/h3-5H,2,11H2,1H3. The summed E-state index contributed by atoms with van der Waals surface area (Å²) >= 11 is 0. The lowest BCUT2D eigenvalue weighted by Crippen LogP contribution is -2.20. The summed E-state index contributed by atoms with van der Waals surface area (Å²) in [6, 6.07) is 2.81. The maximum atomic E-state index is 13.5. The topological polar surface area (TPSA) is 34.4 Å². The monoisotopic (exact) mass is 204 g/mol. The van der Waals surface area contributed by atoms with Gasteiger partial charge in [-0.25, -0.2) is 9.37 Å². The zero-order valence-electron chi connectivity index (χ0n) is 8.62. The molecule has 5 heteroatoms. The second kappa shape index (κ2) is 3.49. The fraction of sp³-hybridized carbons (Fsp3) is 0.200. The number of aromatic nitrogens is 2. The molecule has 0 N–H and O–H groups in total. The Labute approximate surface area is 87.0 Å². The van der Waals surface area contributed by atoms with E-state index in [9.17, 15) is 9.18 Å². The maximum Gasteiger partial charge on any atom is 0.258 e. The Morgan fingerprint density at radius 1 is 1.53 bits per heavy atom. The summed E-state index contributed by atoms with van der Waals surface area (Å²) < 4.78 is 14.8. The molecule has 2 aromatic heterocycles. The predicted molar refractivity (Wildman–Crippen MR) is 59.0 cm³/mol. The number of nitrogens with zero attached hydrogens (tertiary/aromatic N) is 2. The number of aryl methyl sites for hydroxylation is 1. The van der Waals surface area contributed by atoms with Crippen molar-refractivity contribution in [2.45, 2.75) is 13.3 Å². The molecule has 0 aromatic carbocycles. The van der Waals surface area contributed by atoms with Crippen molar-refractivity contribution in [3.8, 4) is 0 Å². The van der Waals surface area contributed by atoms with Gasteiger partial charge in [0.15, 0.2) is 11.5 Å². The molecule has 2 aromatic rings. The summed E-state index contributed by atoms with van der Waals surface area (Å²) in [5.74, 6) is -0.456. The van der Waals surface area contributed by atoms with Crippen LogP contribution in [0.25, 0.3) is 5.65 Å². The molecule has 15 heavy (non-hydrogen) atoms. The summed E-state index contributed by atoms with van der Waals surface area (Å²) in [4.78, 5) is 15.7. The Morgan fingerprint density at radius 3 is 2.93 bits per heavy atom. The summed E-state index contributed by atoms with van der Waals surface area (Å²) in [5.41, 5.74) is 1.18. The van der Waals surface area contributed by atoms with Crippen LogP contribution in [0.3, 0.4) is 0 Å². The second-order valence-corrected chi connectivity index (χ2v) is 3.50. The molecule has 0 aliphatic carbocycles. The number of halogens is 1. The maximum absolute atomic E-state index is 13.5. The van der Waals surface area contributed by atoms with E-state index in [1.807, 2.05) is 6.92 Å². The first kappa shape index (κ1) is 9.89. The zero-order valence-corrected chi connectivity index (χ0v) is 8.62. The van der Waals surface area contributed by atoms with Crippen molar-refractivity contribution in [3.05, 3.63) is 40.2 Å². The lowest BCUT2D eigenvalue weighted by atomic mass is 9.99. The first-order chi connectivity index (χ1) is 7.11. The molecule has 0 saturated heterocycles. The van der Waals surface area contributed by atoms with E-state index in [1.54, 1.807) is 14.0 Å². The van der Waals surface area contributed by atoms with E-state index < -0.39 is 5.82 Å². The van der Waals surface area contributed by atoms with Gasteiger partial charge >= 0.3 is 0 Å². The molecule has 0 radical (unpaired) electrons. The Kier molecular flexibility index (Phi) is 2.30. The highest BCUT2D eigenvalue weighted by Crippen LogP contribution is 2.03. The van der Waals surface area contributed by atoms with Gasteiger partial charge in [0.05, 0.1) is 0 Å². The molecule has 0 fully saturated rings. The first-order valence-corrected chi connectivity index (χ1v) is 4.80. The lowest BCUT2D eigenvalue weighted by Gasteiger charge is -2.04. The molecule has 0 aliphatic rings. The fourth-order valence-corrected chi connectivity index (χ4v) is 1.52. The third kappa shape index (κ3) is 1.65. The van der Waals surface area contributed by atoms with E-state index in [0.717, 1.165) is 0 Å². The largest absolute Gasteiger partial charge is 0.269 e. The average Bonchev–Trinajstić information content (AvgIpc) is 2.19. The predicted octanol–water partition coefficient (Wildman–Crippen LogP) is -0.346. The van der Waals surface area contributed by atoms with Gasteiger partial charge in [-0.3, -0.25) is 9.20 Å².